The molecular weight excluding hydrogens is 418 g/mol. The van der Waals surface area contributed by atoms with E-state index in [1.54, 1.807) is 10.4 Å². The number of allylic oxidation sites excluding steroid dienone is 4. The Bertz CT molecular complexity index is 811. The summed E-state index contributed by atoms with van der Waals surface area (Å²) in [6, 6.07) is 15.4. The summed E-state index contributed by atoms with van der Waals surface area (Å²) in [6.07, 6.45) is 5.79. The van der Waals surface area contributed by atoms with Gasteiger partial charge in [-0.2, -0.15) is 0 Å². The van der Waals surface area contributed by atoms with Gasteiger partial charge in [-0.05, 0) is 0 Å². The summed E-state index contributed by atoms with van der Waals surface area (Å²) in [6.45, 7) is 2.27. The first-order valence-corrected chi connectivity index (χ1v) is 10.3. The molecule has 2 aromatic carbocycles. The van der Waals surface area contributed by atoms with Gasteiger partial charge in [0.1, 0.15) is 0 Å². The van der Waals surface area contributed by atoms with Gasteiger partial charge >= 0.3 is 144 Å². The van der Waals surface area contributed by atoms with Gasteiger partial charge in [-0.1, -0.05) is 0 Å². The molecule has 0 amide bonds. The Balaban J connectivity index is 0.00000104. The van der Waals surface area contributed by atoms with Gasteiger partial charge in [0.25, 0.3) is 0 Å². The summed E-state index contributed by atoms with van der Waals surface area (Å²) in [4.78, 5) is 0. The van der Waals surface area contributed by atoms with Crippen molar-refractivity contribution in [3.63, 3.8) is 0 Å². The van der Waals surface area contributed by atoms with Crippen LogP contribution in [0.3, 0.4) is 0 Å². The van der Waals surface area contributed by atoms with Crippen molar-refractivity contribution in [3.05, 3.63) is 74.6 Å². The minimum Gasteiger partial charge on any atom is -1.00 e. The number of methoxy groups -OCH3 is 1. The zero-order chi connectivity index (χ0) is 15.1. The van der Waals surface area contributed by atoms with Gasteiger partial charge < -0.3 is 24.8 Å². The fourth-order valence-corrected chi connectivity index (χ4v) is 7.68. The Labute approximate surface area is 167 Å². The van der Waals surface area contributed by atoms with E-state index in [9.17, 15) is 0 Å². The van der Waals surface area contributed by atoms with Crippen molar-refractivity contribution in [1.82, 2.24) is 0 Å². The van der Waals surface area contributed by atoms with Crippen LogP contribution in [0.4, 0.5) is 0 Å². The summed E-state index contributed by atoms with van der Waals surface area (Å²) in [7, 11) is 1.78. The molecule has 2 aromatic rings. The molecule has 0 saturated heterocycles. The maximum absolute atomic E-state index is 5.65. The minimum absolute atomic E-state index is 0. The van der Waals surface area contributed by atoms with Crippen LogP contribution in [-0.4, -0.2) is 7.11 Å². The Kier molecular flexibility index (Phi) is 6.54. The third-order valence-corrected chi connectivity index (χ3v) is 9.18. The number of halogens is 2. The number of hydrogen-bond acceptors (Lipinski definition) is 1. The van der Waals surface area contributed by atoms with E-state index in [2.05, 4.69) is 61.5 Å². The van der Waals surface area contributed by atoms with Crippen LogP contribution in [0, 0.1) is 0 Å². The average molecular weight is 436 g/mol. The van der Waals surface area contributed by atoms with Gasteiger partial charge in [-0.25, -0.2) is 0 Å². The summed E-state index contributed by atoms with van der Waals surface area (Å²) >= 11 is -0.692. The van der Waals surface area contributed by atoms with Crippen LogP contribution in [0.5, 0.6) is 5.75 Å². The molecule has 0 spiro atoms. The Hall–Kier alpha value is -0.817. The first-order valence-electron chi connectivity index (χ1n) is 7.68. The van der Waals surface area contributed by atoms with Crippen molar-refractivity contribution in [2.24, 2.45) is 0 Å². The Morgan fingerprint density at radius 1 is 1.00 bits per heavy atom. The fraction of sp³-hybridized carbons (Fsp3) is 0.200. The van der Waals surface area contributed by atoms with Crippen molar-refractivity contribution >= 4 is 0 Å². The van der Waals surface area contributed by atoms with Gasteiger partial charge in [0.15, 0.2) is 0 Å². The molecule has 1 unspecified atom stereocenters. The zero-order valence-electron chi connectivity index (χ0n) is 13.6. The van der Waals surface area contributed by atoms with E-state index in [1.807, 2.05) is 0 Å². The molecule has 0 fully saturated rings. The molecule has 2 aliphatic carbocycles. The van der Waals surface area contributed by atoms with Crippen LogP contribution in [0.25, 0.3) is 11.1 Å². The van der Waals surface area contributed by atoms with E-state index >= 15 is 0 Å². The van der Waals surface area contributed by atoms with E-state index in [4.69, 9.17) is 4.74 Å². The molecule has 0 N–H and O–H groups in total. The summed E-state index contributed by atoms with van der Waals surface area (Å²) in [5.74, 6) is 1.02. The van der Waals surface area contributed by atoms with Crippen LogP contribution < -0.4 is 29.6 Å². The topological polar surface area (TPSA) is 9.23 Å². The molecule has 0 bridgehead atoms. The number of hydrogen-bond donors (Lipinski definition) is 0. The molecule has 0 radical (unpaired) electrons. The molecule has 0 saturated carbocycles. The standard InChI is InChI=1S/C14H11O.C6H7.2ClH.Zr/c1-15-13-8-4-6-11-9-10-5-2-3-7-12(10)14(11)13;1-6-4-2-3-5-6;;;/h2-9H,1H3;2,4H,3H2,1H3;2*1H;/q;;;;+2/p-2. The molecule has 0 heterocycles. The van der Waals surface area contributed by atoms with Crippen molar-refractivity contribution in [2.75, 3.05) is 7.11 Å². The molecule has 1 nitrogen and oxygen atoms in total. The van der Waals surface area contributed by atoms with Crippen LogP contribution in [0.2, 0.25) is 0 Å². The summed E-state index contributed by atoms with van der Waals surface area (Å²) < 4.78 is 8.00. The monoisotopic (exact) mass is 434 g/mol. The molecule has 2 aliphatic rings. The smallest absolute Gasteiger partial charge is 1.00 e. The molecule has 0 aromatic heterocycles. The number of benzene rings is 2. The van der Waals surface area contributed by atoms with Crippen LogP contribution in [0.1, 0.15) is 28.1 Å². The van der Waals surface area contributed by atoms with Crippen molar-refractivity contribution in [1.29, 1.82) is 0 Å². The molecule has 1 atom stereocenters. The largest absolute Gasteiger partial charge is 1.00 e. The number of rotatable bonds is 3. The summed E-state index contributed by atoms with van der Waals surface area (Å²) in [5.41, 5.74) is 7.22. The predicted octanol–water partition coefficient (Wildman–Crippen LogP) is -0.911. The Morgan fingerprint density at radius 2 is 1.75 bits per heavy atom. The third-order valence-electron chi connectivity index (χ3n) is 4.61. The van der Waals surface area contributed by atoms with Crippen molar-refractivity contribution < 1.29 is 52.8 Å². The molecule has 4 heteroatoms. The van der Waals surface area contributed by atoms with Crippen LogP contribution in [-0.2, 0) is 23.2 Å². The second-order valence-corrected chi connectivity index (χ2v) is 9.47. The zero-order valence-corrected chi connectivity index (χ0v) is 17.6. The van der Waals surface area contributed by atoms with Gasteiger partial charge in [0, 0.05) is 0 Å². The van der Waals surface area contributed by atoms with Crippen molar-refractivity contribution in [2.45, 2.75) is 17.0 Å². The average Bonchev–Trinajstić information content (AvgIpc) is 3.10. The summed E-state index contributed by atoms with van der Waals surface area (Å²) in [5, 5.41) is 0. The number of fused-ring (bicyclic) bond motifs is 3. The van der Waals surface area contributed by atoms with E-state index in [0.29, 0.717) is 3.63 Å². The normalized spacial score (nSPS) is 16.7. The second-order valence-electron chi connectivity index (χ2n) is 5.86. The third kappa shape index (κ3) is 3.17. The van der Waals surface area contributed by atoms with Gasteiger partial charge in [-0.15, -0.1) is 0 Å². The van der Waals surface area contributed by atoms with Crippen LogP contribution >= 0.6 is 0 Å². The molecular formula is C20H18Cl2OZr. The second kappa shape index (κ2) is 8.04. The first-order chi connectivity index (χ1) is 10.8. The molecule has 0 aliphatic heterocycles. The first kappa shape index (κ1) is 19.5. The number of ether oxygens (including phenoxy) is 1. The quantitative estimate of drug-likeness (QED) is 0.606. The van der Waals surface area contributed by atoms with Crippen LogP contribution in [0.15, 0.2) is 63.5 Å². The van der Waals surface area contributed by atoms with E-state index in [-0.39, 0.29) is 24.8 Å². The molecule has 122 valence electrons. The fourth-order valence-electron chi connectivity index (χ4n) is 3.51. The van der Waals surface area contributed by atoms with E-state index in [1.165, 1.54) is 34.2 Å². The van der Waals surface area contributed by atoms with Crippen molar-refractivity contribution in [3.8, 4) is 16.9 Å². The Morgan fingerprint density at radius 3 is 2.46 bits per heavy atom. The van der Waals surface area contributed by atoms with Gasteiger partial charge in [-0.3, -0.25) is 0 Å². The minimum atomic E-state index is -0.692. The molecule has 24 heavy (non-hydrogen) atoms. The van der Waals surface area contributed by atoms with E-state index in [0.717, 1.165) is 5.75 Å². The van der Waals surface area contributed by atoms with Gasteiger partial charge in [0.05, 0.1) is 0 Å². The molecule has 4 rings (SSSR count). The SMILES string of the molecule is COc1cccc2c1-c1ccccc1[CH]2[Zr+2][C]1=C(C)C=CC1.[Cl-].[Cl-]. The van der Waals surface area contributed by atoms with Gasteiger partial charge in [0.2, 0.25) is 0 Å². The maximum atomic E-state index is 5.65. The maximum Gasteiger partial charge on any atom is -1.00 e. The predicted molar refractivity (Wildman–Crippen MR) is 86.7 cm³/mol. The van der Waals surface area contributed by atoms with E-state index < -0.39 is 23.2 Å².